The number of likely N-dealkylation sites (N-methyl/N-ethyl adjacent to an activating group) is 1. The third kappa shape index (κ3) is 4.04. The number of carbonyl (C=O) groups excluding carboxylic acids is 1. The van der Waals surface area contributed by atoms with Crippen molar-refractivity contribution in [1.82, 2.24) is 9.80 Å². The number of nitrogens with zero attached hydrogens (tertiary/aromatic N) is 2. The van der Waals surface area contributed by atoms with Crippen molar-refractivity contribution in [3.63, 3.8) is 0 Å². The Kier molecular flexibility index (Phi) is 5.18. The van der Waals surface area contributed by atoms with Crippen LogP contribution in [0.4, 0.5) is 0 Å². The number of ether oxygens (including phenoxy) is 1. The van der Waals surface area contributed by atoms with Crippen molar-refractivity contribution in [2.75, 3.05) is 26.7 Å². The number of thiophene rings is 1. The molecule has 4 nitrogen and oxygen atoms in total. The first-order valence-electron chi connectivity index (χ1n) is 7.10. The van der Waals surface area contributed by atoms with E-state index in [2.05, 4.69) is 23.3 Å². The Morgan fingerprint density at radius 1 is 1.45 bits per heavy atom. The van der Waals surface area contributed by atoms with Gasteiger partial charge in [-0.25, -0.2) is 0 Å². The van der Waals surface area contributed by atoms with Crippen LogP contribution in [0.3, 0.4) is 0 Å². The Bertz CT molecular complexity index is 450. The first kappa shape index (κ1) is 15.5. The molecule has 1 fully saturated rings. The quantitative estimate of drug-likeness (QED) is 0.853. The van der Waals surface area contributed by atoms with Crippen LogP contribution in [-0.2, 0) is 16.1 Å². The van der Waals surface area contributed by atoms with Crippen LogP contribution in [0.25, 0.3) is 0 Å². The molecule has 0 aromatic carbocycles. The zero-order valence-electron chi connectivity index (χ0n) is 12.8. The Hall–Kier alpha value is -0.910. The summed E-state index contributed by atoms with van der Waals surface area (Å²) in [5.41, 5.74) is 1.31. The van der Waals surface area contributed by atoms with Crippen LogP contribution >= 0.6 is 11.3 Å². The van der Waals surface area contributed by atoms with Crippen LogP contribution < -0.4 is 0 Å². The van der Waals surface area contributed by atoms with Crippen molar-refractivity contribution in [2.45, 2.75) is 39.5 Å². The molecule has 1 aliphatic rings. The molecule has 1 aliphatic heterocycles. The molecule has 2 rings (SSSR count). The molecule has 2 unspecified atom stereocenters. The van der Waals surface area contributed by atoms with Crippen molar-refractivity contribution < 1.29 is 9.53 Å². The van der Waals surface area contributed by atoms with E-state index in [4.69, 9.17) is 4.74 Å². The number of carbonyl (C=O) groups is 1. The molecular formula is C15H24N2O2S. The van der Waals surface area contributed by atoms with Gasteiger partial charge in [-0.05, 0) is 44.8 Å². The summed E-state index contributed by atoms with van der Waals surface area (Å²) in [6.07, 6.45) is 0.264. The van der Waals surface area contributed by atoms with E-state index in [0.29, 0.717) is 19.6 Å². The Balaban J connectivity index is 1.86. The number of amides is 1. The third-order valence-corrected chi connectivity index (χ3v) is 4.57. The van der Waals surface area contributed by atoms with Crippen LogP contribution in [0.1, 0.15) is 24.3 Å². The average Bonchev–Trinajstić information content (AvgIpc) is 2.73. The van der Waals surface area contributed by atoms with Crippen molar-refractivity contribution in [3.05, 3.63) is 21.9 Å². The minimum absolute atomic E-state index is 0.132. The van der Waals surface area contributed by atoms with Crippen molar-refractivity contribution in [1.29, 1.82) is 0 Å². The second kappa shape index (κ2) is 6.70. The summed E-state index contributed by atoms with van der Waals surface area (Å²) in [7, 11) is 2.00. The molecule has 0 saturated carbocycles. The lowest BCUT2D eigenvalue weighted by Gasteiger charge is -2.36. The molecule has 0 aliphatic carbocycles. The summed E-state index contributed by atoms with van der Waals surface area (Å²) in [5.74, 6) is 0.198. The van der Waals surface area contributed by atoms with E-state index in [-0.39, 0.29) is 18.1 Å². The lowest BCUT2D eigenvalue weighted by atomic mass is 10.2. The predicted molar refractivity (Wildman–Crippen MR) is 82.0 cm³/mol. The fraction of sp³-hybridized carbons (Fsp3) is 0.667. The van der Waals surface area contributed by atoms with Gasteiger partial charge >= 0.3 is 0 Å². The lowest BCUT2D eigenvalue weighted by Crippen LogP contribution is -2.50. The van der Waals surface area contributed by atoms with Gasteiger partial charge in [-0.1, -0.05) is 0 Å². The summed E-state index contributed by atoms with van der Waals surface area (Å²) < 4.78 is 5.67. The number of hydrogen-bond donors (Lipinski definition) is 0. The Morgan fingerprint density at radius 2 is 2.10 bits per heavy atom. The molecule has 5 heteroatoms. The number of hydrogen-bond acceptors (Lipinski definition) is 4. The van der Waals surface area contributed by atoms with Crippen molar-refractivity contribution in [2.24, 2.45) is 0 Å². The largest absolute Gasteiger partial charge is 0.372 e. The van der Waals surface area contributed by atoms with E-state index >= 15 is 0 Å². The van der Waals surface area contributed by atoms with Crippen LogP contribution in [0.15, 0.2) is 11.4 Å². The molecule has 1 saturated heterocycles. The fourth-order valence-corrected chi connectivity index (χ4v) is 3.56. The highest BCUT2D eigenvalue weighted by molar-refractivity contribution is 7.10. The average molecular weight is 296 g/mol. The zero-order chi connectivity index (χ0) is 14.7. The molecule has 20 heavy (non-hydrogen) atoms. The molecule has 1 aromatic rings. The fourth-order valence-electron chi connectivity index (χ4n) is 2.58. The maximum Gasteiger partial charge on any atom is 0.236 e. The normalized spacial score (nSPS) is 23.4. The minimum atomic E-state index is 0.132. The predicted octanol–water partition coefficient (Wildman–Crippen LogP) is 2.12. The van der Waals surface area contributed by atoms with Gasteiger partial charge < -0.3 is 9.64 Å². The molecule has 2 heterocycles. The van der Waals surface area contributed by atoms with Gasteiger partial charge in [0.15, 0.2) is 0 Å². The molecule has 1 aromatic heterocycles. The van der Waals surface area contributed by atoms with Gasteiger partial charge in [0.25, 0.3) is 0 Å². The molecule has 112 valence electrons. The highest BCUT2D eigenvalue weighted by atomic mass is 32.1. The van der Waals surface area contributed by atoms with Gasteiger partial charge in [-0.15, -0.1) is 11.3 Å². The highest BCUT2D eigenvalue weighted by Crippen LogP contribution is 2.17. The van der Waals surface area contributed by atoms with E-state index < -0.39 is 0 Å². The topological polar surface area (TPSA) is 32.8 Å². The highest BCUT2D eigenvalue weighted by Gasteiger charge is 2.26. The zero-order valence-corrected chi connectivity index (χ0v) is 13.6. The molecule has 0 radical (unpaired) electrons. The monoisotopic (exact) mass is 296 g/mol. The lowest BCUT2D eigenvalue weighted by molar-refractivity contribution is -0.144. The van der Waals surface area contributed by atoms with Gasteiger partial charge in [0.05, 0.1) is 18.8 Å². The molecule has 1 amide bonds. The van der Waals surface area contributed by atoms with Crippen LogP contribution in [-0.4, -0.2) is 54.6 Å². The van der Waals surface area contributed by atoms with Crippen molar-refractivity contribution >= 4 is 17.2 Å². The number of rotatable bonds is 4. The summed E-state index contributed by atoms with van der Waals surface area (Å²) in [6, 6.07) is 2.13. The van der Waals surface area contributed by atoms with E-state index in [9.17, 15) is 4.79 Å². The summed E-state index contributed by atoms with van der Waals surface area (Å²) in [5, 5.41) is 2.10. The molecule has 0 spiro atoms. The number of morpholine rings is 1. The minimum Gasteiger partial charge on any atom is -0.372 e. The second-order valence-electron chi connectivity index (χ2n) is 5.76. The second-order valence-corrected chi connectivity index (χ2v) is 6.76. The summed E-state index contributed by atoms with van der Waals surface area (Å²) in [4.78, 5) is 17.7. The smallest absolute Gasteiger partial charge is 0.236 e. The Labute approximate surface area is 125 Å². The molecule has 0 N–H and O–H groups in total. The van der Waals surface area contributed by atoms with Gasteiger partial charge in [-0.2, -0.15) is 0 Å². The van der Waals surface area contributed by atoms with E-state index in [0.717, 1.165) is 6.54 Å². The first-order valence-corrected chi connectivity index (χ1v) is 7.98. The van der Waals surface area contributed by atoms with Crippen LogP contribution in [0.5, 0.6) is 0 Å². The van der Waals surface area contributed by atoms with Gasteiger partial charge in [0.1, 0.15) is 0 Å². The van der Waals surface area contributed by atoms with Gasteiger partial charge in [0, 0.05) is 24.5 Å². The van der Waals surface area contributed by atoms with E-state index in [1.165, 1.54) is 10.4 Å². The van der Waals surface area contributed by atoms with Gasteiger partial charge in [0.2, 0.25) is 5.91 Å². The van der Waals surface area contributed by atoms with E-state index in [1.807, 2.05) is 25.8 Å². The first-order chi connectivity index (χ1) is 9.45. The van der Waals surface area contributed by atoms with Crippen molar-refractivity contribution in [3.8, 4) is 0 Å². The van der Waals surface area contributed by atoms with E-state index in [1.54, 1.807) is 11.3 Å². The summed E-state index contributed by atoms with van der Waals surface area (Å²) in [6.45, 7) is 8.88. The molecule has 2 atom stereocenters. The maximum absolute atomic E-state index is 12.3. The van der Waals surface area contributed by atoms with Crippen LogP contribution in [0, 0.1) is 6.92 Å². The summed E-state index contributed by atoms with van der Waals surface area (Å²) >= 11 is 1.75. The maximum atomic E-state index is 12.3. The van der Waals surface area contributed by atoms with Gasteiger partial charge in [-0.3, -0.25) is 9.69 Å². The Morgan fingerprint density at radius 3 is 2.65 bits per heavy atom. The molecular weight excluding hydrogens is 272 g/mol. The number of aryl methyl sites for hydroxylation is 1. The third-order valence-electron chi connectivity index (χ3n) is 3.56. The van der Waals surface area contributed by atoms with Crippen LogP contribution in [0.2, 0.25) is 0 Å². The SMILES string of the molecule is Cc1ccsc1CN(C)CC(=O)N1CC(C)OC(C)C1. The standard InChI is InChI=1S/C15H24N2O2S/c1-11-5-6-20-14(11)9-16(4)10-15(18)17-7-12(2)19-13(3)8-17/h5-6,12-13H,7-10H2,1-4H3. The molecule has 0 bridgehead atoms.